The summed E-state index contributed by atoms with van der Waals surface area (Å²) in [6.07, 6.45) is 4.36. The van der Waals surface area contributed by atoms with E-state index in [2.05, 4.69) is 20.5 Å². The minimum atomic E-state index is -0.715. The van der Waals surface area contributed by atoms with Crippen molar-refractivity contribution in [2.45, 2.75) is 0 Å². The zero-order valence-electron chi connectivity index (χ0n) is 8.68. The van der Waals surface area contributed by atoms with Gasteiger partial charge < -0.3 is 11.1 Å². The molecular formula is C10H9N5O2. The van der Waals surface area contributed by atoms with E-state index in [1.807, 2.05) is 0 Å². The first-order valence-electron chi connectivity index (χ1n) is 4.73. The van der Waals surface area contributed by atoms with E-state index < -0.39 is 5.91 Å². The lowest BCUT2D eigenvalue weighted by Crippen LogP contribution is -2.17. The zero-order valence-corrected chi connectivity index (χ0v) is 8.68. The lowest BCUT2D eigenvalue weighted by atomic mass is 10.2. The van der Waals surface area contributed by atoms with Crippen LogP contribution in [0, 0.1) is 0 Å². The number of pyridine rings is 1. The maximum atomic E-state index is 11.7. The van der Waals surface area contributed by atoms with Crippen molar-refractivity contribution >= 4 is 17.5 Å². The summed E-state index contributed by atoms with van der Waals surface area (Å²) in [7, 11) is 0. The molecule has 7 nitrogen and oxygen atoms in total. The van der Waals surface area contributed by atoms with Gasteiger partial charge in [0, 0.05) is 18.6 Å². The van der Waals surface area contributed by atoms with E-state index in [1.54, 1.807) is 18.3 Å². The molecule has 4 N–H and O–H groups in total. The summed E-state index contributed by atoms with van der Waals surface area (Å²) >= 11 is 0. The molecule has 0 unspecified atom stereocenters. The highest BCUT2D eigenvalue weighted by Gasteiger charge is 2.14. The van der Waals surface area contributed by atoms with E-state index in [-0.39, 0.29) is 17.3 Å². The van der Waals surface area contributed by atoms with Crippen LogP contribution in [-0.2, 0) is 0 Å². The van der Waals surface area contributed by atoms with Crippen LogP contribution in [0.25, 0.3) is 0 Å². The molecule has 0 atom stereocenters. The third kappa shape index (κ3) is 2.28. The molecule has 0 fully saturated rings. The molecular weight excluding hydrogens is 222 g/mol. The Morgan fingerprint density at radius 1 is 1.41 bits per heavy atom. The number of hydrogen-bond acceptors (Lipinski definition) is 4. The summed E-state index contributed by atoms with van der Waals surface area (Å²) in [4.78, 5) is 26.5. The molecule has 7 heteroatoms. The van der Waals surface area contributed by atoms with Gasteiger partial charge in [-0.05, 0) is 12.1 Å². The number of primary amides is 1. The predicted octanol–water partition coefficient (Wildman–Crippen LogP) is 0.156. The minimum absolute atomic E-state index is 0.0118. The van der Waals surface area contributed by atoms with E-state index in [4.69, 9.17) is 5.73 Å². The molecule has 0 saturated carbocycles. The number of nitrogens with one attached hydrogen (secondary N) is 2. The number of rotatable bonds is 3. The van der Waals surface area contributed by atoms with E-state index >= 15 is 0 Å². The van der Waals surface area contributed by atoms with Gasteiger partial charge in [-0.1, -0.05) is 0 Å². The fourth-order valence-corrected chi connectivity index (χ4v) is 1.26. The standard InChI is InChI=1S/C10H9N5O2/c11-9(16)8-7(5-13-15-8)14-10(17)6-2-1-3-12-4-6/h1-5H,(H2,11,16)(H,13,15)(H,14,17). The lowest BCUT2D eigenvalue weighted by molar-refractivity contribution is 0.0996. The SMILES string of the molecule is NC(=O)c1n[nH]cc1NC(=O)c1cccnc1. The van der Waals surface area contributed by atoms with Gasteiger partial charge >= 0.3 is 0 Å². The van der Waals surface area contributed by atoms with E-state index in [0.717, 1.165) is 0 Å². The Kier molecular flexibility index (Phi) is 2.82. The molecule has 0 spiro atoms. The normalized spacial score (nSPS) is 9.88. The summed E-state index contributed by atoms with van der Waals surface area (Å²) in [6, 6.07) is 3.24. The third-order valence-electron chi connectivity index (χ3n) is 2.05. The number of anilines is 1. The van der Waals surface area contributed by atoms with E-state index in [1.165, 1.54) is 12.4 Å². The van der Waals surface area contributed by atoms with Crippen molar-refractivity contribution in [3.8, 4) is 0 Å². The molecule has 2 rings (SSSR count). The van der Waals surface area contributed by atoms with Gasteiger partial charge in [-0.3, -0.25) is 19.7 Å². The molecule has 0 aromatic carbocycles. The van der Waals surface area contributed by atoms with E-state index in [0.29, 0.717) is 5.56 Å². The van der Waals surface area contributed by atoms with Crippen LogP contribution in [-0.4, -0.2) is 27.0 Å². The highest BCUT2D eigenvalue weighted by molar-refractivity contribution is 6.07. The molecule has 0 aliphatic rings. The first-order valence-corrected chi connectivity index (χ1v) is 4.73. The van der Waals surface area contributed by atoms with Crippen molar-refractivity contribution < 1.29 is 9.59 Å². The average Bonchev–Trinajstić information content (AvgIpc) is 2.78. The second kappa shape index (κ2) is 4.44. The van der Waals surface area contributed by atoms with Gasteiger partial charge in [-0.15, -0.1) is 0 Å². The molecule has 2 heterocycles. The minimum Gasteiger partial charge on any atom is -0.364 e. The van der Waals surface area contributed by atoms with E-state index in [9.17, 15) is 9.59 Å². The number of nitrogens with zero attached hydrogens (tertiary/aromatic N) is 2. The zero-order chi connectivity index (χ0) is 12.3. The first-order chi connectivity index (χ1) is 8.18. The van der Waals surface area contributed by atoms with Gasteiger partial charge in [-0.2, -0.15) is 5.10 Å². The Hall–Kier alpha value is -2.70. The average molecular weight is 231 g/mol. The molecule has 0 aliphatic carbocycles. The van der Waals surface area contributed by atoms with Crippen molar-refractivity contribution in [2.75, 3.05) is 5.32 Å². The number of aromatic amines is 1. The van der Waals surface area contributed by atoms with Gasteiger partial charge in [0.2, 0.25) is 0 Å². The molecule has 2 aromatic rings. The Morgan fingerprint density at radius 3 is 2.88 bits per heavy atom. The first kappa shape index (κ1) is 10.8. The van der Waals surface area contributed by atoms with Crippen LogP contribution < -0.4 is 11.1 Å². The Morgan fingerprint density at radius 2 is 2.24 bits per heavy atom. The molecule has 0 radical (unpaired) electrons. The van der Waals surface area contributed by atoms with Crippen molar-refractivity contribution in [2.24, 2.45) is 5.73 Å². The van der Waals surface area contributed by atoms with Crippen LogP contribution in [0.1, 0.15) is 20.8 Å². The highest BCUT2D eigenvalue weighted by atomic mass is 16.2. The third-order valence-corrected chi connectivity index (χ3v) is 2.05. The van der Waals surface area contributed by atoms with Gasteiger partial charge in [-0.25, -0.2) is 0 Å². The van der Waals surface area contributed by atoms with Crippen LogP contribution in [0.3, 0.4) is 0 Å². The smallest absolute Gasteiger partial charge is 0.271 e. The molecule has 2 amide bonds. The molecule has 0 aliphatic heterocycles. The number of H-pyrrole nitrogens is 1. The summed E-state index contributed by atoms with van der Waals surface area (Å²) in [5.41, 5.74) is 5.70. The lowest BCUT2D eigenvalue weighted by Gasteiger charge is -2.02. The van der Waals surface area contributed by atoms with Crippen molar-refractivity contribution in [3.63, 3.8) is 0 Å². The second-order valence-corrected chi connectivity index (χ2v) is 3.21. The summed E-state index contributed by atoms with van der Waals surface area (Å²) < 4.78 is 0. The summed E-state index contributed by atoms with van der Waals surface area (Å²) in [5, 5.41) is 8.60. The fourth-order valence-electron chi connectivity index (χ4n) is 1.26. The molecule has 0 saturated heterocycles. The van der Waals surface area contributed by atoms with Crippen molar-refractivity contribution in [1.82, 2.24) is 15.2 Å². The van der Waals surface area contributed by atoms with Gasteiger partial charge in [0.25, 0.3) is 11.8 Å². The second-order valence-electron chi connectivity index (χ2n) is 3.21. The largest absolute Gasteiger partial charge is 0.364 e. The number of carbonyl (C=O) groups excluding carboxylic acids is 2. The Balaban J connectivity index is 2.19. The van der Waals surface area contributed by atoms with Crippen LogP contribution in [0.15, 0.2) is 30.7 Å². The number of amides is 2. The number of aromatic nitrogens is 3. The van der Waals surface area contributed by atoms with Gasteiger partial charge in [0.05, 0.1) is 11.3 Å². The summed E-state index contributed by atoms with van der Waals surface area (Å²) in [5.74, 6) is -1.10. The molecule has 17 heavy (non-hydrogen) atoms. The number of carbonyl (C=O) groups is 2. The Bertz CT molecular complexity index is 549. The van der Waals surface area contributed by atoms with Crippen LogP contribution >= 0.6 is 0 Å². The molecule has 86 valence electrons. The number of nitrogens with two attached hydrogens (primary N) is 1. The molecule has 2 aromatic heterocycles. The fraction of sp³-hybridized carbons (Fsp3) is 0. The van der Waals surface area contributed by atoms with Crippen LogP contribution in [0.4, 0.5) is 5.69 Å². The quantitative estimate of drug-likeness (QED) is 0.697. The predicted molar refractivity (Wildman–Crippen MR) is 59.3 cm³/mol. The van der Waals surface area contributed by atoms with Crippen molar-refractivity contribution in [3.05, 3.63) is 42.0 Å². The molecule has 0 bridgehead atoms. The Labute approximate surface area is 96.0 Å². The van der Waals surface area contributed by atoms with Crippen LogP contribution in [0.5, 0.6) is 0 Å². The van der Waals surface area contributed by atoms with Crippen molar-refractivity contribution in [1.29, 1.82) is 0 Å². The maximum Gasteiger partial charge on any atom is 0.271 e. The maximum absolute atomic E-state index is 11.7. The number of hydrogen-bond donors (Lipinski definition) is 3. The van der Waals surface area contributed by atoms with Gasteiger partial charge in [0.1, 0.15) is 0 Å². The topological polar surface area (TPSA) is 114 Å². The summed E-state index contributed by atoms with van der Waals surface area (Å²) in [6.45, 7) is 0. The highest BCUT2D eigenvalue weighted by Crippen LogP contribution is 2.12. The van der Waals surface area contributed by atoms with Crippen LogP contribution in [0.2, 0.25) is 0 Å². The monoisotopic (exact) mass is 231 g/mol. The van der Waals surface area contributed by atoms with Gasteiger partial charge in [0.15, 0.2) is 5.69 Å².